The summed E-state index contributed by atoms with van der Waals surface area (Å²) in [6.07, 6.45) is -9.98. The molecule has 6 nitrogen and oxygen atoms in total. The second-order valence-corrected chi connectivity index (χ2v) is 6.16. The van der Waals surface area contributed by atoms with Crippen LogP contribution in [0.25, 0.3) is 0 Å². The largest absolute Gasteiger partial charge is 0.431 e. The van der Waals surface area contributed by atoms with E-state index in [1.807, 2.05) is 0 Å². The Balaban J connectivity index is 2.08. The van der Waals surface area contributed by atoms with Crippen molar-refractivity contribution >= 4 is 23.2 Å². The highest BCUT2D eigenvalue weighted by atomic mass is 19.4. The van der Waals surface area contributed by atoms with Crippen LogP contribution in [-0.4, -0.2) is 34.2 Å². The number of hydrogen-bond donors (Lipinski definition) is 1. The Morgan fingerprint density at radius 1 is 1.25 bits per heavy atom. The SMILES string of the molecule is CCC12CC(C(F)(F)F)=NN1C(N)=N/C2=N\c1ccc(C#N)c(C(F)(F)F)c1. The highest BCUT2D eigenvalue weighted by molar-refractivity contribution is 6.13. The van der Waals surface area contributed by atoms with E-state index in [2.05, 4.69) is 15.1 Å². The molecule has 0 fully saturated rings. The van der Waals surface area contributed by atoms with Crippen LogP contribution < -0.4 is 5.73 Å². The predicted molar refractivity (Wildman–Crippen MR) is 87.8 cm³/mol. The summed E-state index contributed by atoms with van der Waals surface area (Å²) in [5.74, 6) is -0.502. The van der Waals surface area contributed by atoms with Crippen molar-refractivity contribution in [2.24, 2.45) is 20.8 Å². The van der Waals surface area contributed by atoms with E-state index in [4.69, 9.17) is 11.0 Å². The van der Waals surface area contributed by atoms with Gasteiger partial charge in [0.2, 0.25) is 5.96 Å². The minimum absolute atomic E-state index is 0.0848. The maximum absolute atomic E-state index is 13.1. The third-order valence-electron chi connectivity index (χ3n) is 4.52. The van der Waals surface area contributed by atoms with Gasteiger partial charge in [-0.3, -0.25) is 0 Å². The summed E-state index contributed by atoms with van der Waals surface area (Å²) in [4.78, 5) is 7.93. The van der Waals surface area contributed by atoms with Crippen LogP contribution in [0.3, 0.4) is 0 Å². The molecule has 2 aliphatic rings. The lowest BCUT2D eigenvalue weighted by atomic mass is 9.89. The van der Waals surface area contributed by atoms with Crippen LogP contribution in [-0.2, 0) is 6.18 Å². The zero-order valence-electron chi connectivity index (χ0n) is 14.2. The smallest absolute Gasteiger partial charge is 0.368 e. The number of halogens is 6. The Morgan fingerprint density at radius 2 is 1.93 bits per heavy atom. The van der Waals surface area contributed by atoms with Crippen LogP contribution in [0.5, 0.6) is 0 Å². The van der Waals surface area contributed by atoms with Crippen LogP contribution in [0, 0.1) is 11.3 Å². The quantitative estimate of drug-likeness (QED) is 0.765. The molecular formula is C16H12F6N6. The molecule has 12 heteroatoms. The molecule has 2 heterocycles. The number of hydrogen-bond acceptors (Lipinski definition) is 5. The number of nitrogens with zero attached hydrogens (tertiary/aromatic N) is 5. The van der Waals surface area contributed by atoms with E-state index in [-0.39, 0.29) is 23.9 Å². The van der Waals surface area contributed by atoms with Crippen LogP contribution in [0.15, 0.2) is 33.3 Å². The number of alkyl halides is 6. The number of amidine groups is 1. The normalized spacial score (nSPS) is 23.5. The van der Waals surface area contributed by atoms with Crippen molar-refractivity contribution < 1.29 is 26.3 Å². The second-order valence-electron chi connectivity index (χ2n) is 6.16. The van der Waals surface area contributed by atoms with Gasteiger partial charge in [0.25, 0.3) is 0 Å². The van der Waals surface area contributed by atoms with Crippen molar-refractivity contribution in [2.45, 2.75) is 37.7 Å². The minimum Gasteiger partial charge on any atom is -0.368 e. The first kappa shape index (κ1) is 19.7. The van der Waals surface area contributed by atoms with Gasteiger partial charge >= 0.3 is 12.4 Å². The number of rotatable bonds is 2. The number of hydrazone groups is 1. The lowest BCUT2D eigenvalue weighted by molar-refractivity contribution is -0.137. The molecule has 0 amide bonds. The summed E-state index contributed by atoms with van der Waals surface area (Å²) < 4.78 is 78.7. The third kappa shape index (κ3) is 3.06. The molecule has 1 aromatic carbocycles. The average Bonchev–Trinajstić information content (AvgIpc) is 3.11. The maximum atomic E-state index is 13.1. The van der Waals surface area contributed by atoms with Gasteiger partial charge in [-0.2, -0.15) is 41.7 Å². The van der Waals surface area contributed by atoms with Gasteiger partial charge in [0.1, 0.15) is 11.3 Å². The topological polar surface area (TPSA) is 90.1 Å². The summed E-state index contributed by atoms with van der Waals surface area (Å²) >= 11 is 0. The lowest BCUT2D eigenvalue weighted by Gasteiger charge is -2.29. The van der Waals surface area contributed by atoms with Crippen molar-refractivity contribution in [2.75, 3.05) is 0 Å². The van der Waals surface area contributed by atoms with Gasteiger partial charge < -0.3 is 5.73 Å². The predicted octanol–water partition coefficient (Wildman–Crippen LogP) is 3.71. The van der Waals surface area contributed by atoms with Crippen LogP contribution >= 0.6 is 0 Å². The van der Waals surface area contributed by atoms with Gasteiger partial charge in [0.05, 0.1) is 22.9 Å². The van der Waals surface area contributed by atoms with Gasteiger partial charge in [-0.15, -0.1) is 0 Å². The zero-order valence-corrected chi connectivity index (χ0v) is 14.2. The Morgan fingerprint density at radius 3 is 2.46 bits per heavy atom. The number of guanidine groups is 1. The van der Waals surface area contributed by atoms with E-state index in [0.717, 1.165) is 17.1 Å². The monoisotopic (exact) mass is 402 g/mol. The van der Waals surface area contributed by atoms with Crippen LogP contribution in [0.4, 0.5) is 32.0 Å². The molecule has 0 saturated carbocycles. The zero-order chi connectivity index (χ0) is 20.9. The lowest BCUT2D eigenvalue weighted by Crippen LogP contribution is -2.47. The van der Waals surface area contributed by atoms with E-state index in [0.29, 0.717) is 6.07 Å². The first-order valence-electron chi connectivity index (χ1n) is 7.92. The second kappa shape index (κ2) is 6.22. The Hall–Kier alpha value is -3.10. The molecule has 1 unspecified atom stereocenters. The van der Waals surface area contributed by atoms with Gasteiger partial charge in [0, 0.05) is 6.42 Å². The first-order valence-corrected chi connectivity index (χ1v) is 7.92. The van der Waals surface area contributed by atoms with Crippen molar-refractivity contribution in [1.29, 1.82) is 5.26 Å². The van der Waals surface area contributed by atoms with Gasteiger partial charge in [-0.25, -0.2) is 10.0 Å². The highest BCUT2D eigenvalue weighted by Gasteiger charge is 2.56. The van der Waals surface area contributed by atoms with Gasteiger partial charge in [-0.1, -0.05) is 6.92 Å². The molecule has 2 aliphatic heterocycles. The summed E-state index contributed by atoms with van der Waals surface area (Å²) in [6, 6.07) is 4.17. The summed E-state index contributed by atoms with van der Waals surface area (Å²) in [5.41, 5.74) is 1.16. The Bertz CT molecular complexity index is 952. The fraction of sp³-hybridized carbons (Fsp3) is 0.375. The van der Waals surface area contributed by atoms with Crippen molar-refractivity contribution in [3.8, 4) is 6.07 Å². The van der Waals surface area contributed by atoms with E-state index < -0.39 is 41.2 Å². The molecule has 0 spiro atoms. The molecule has 148 valence electrons. The van der Waals surface area contributed by atoms with Crippen LogP contribution in [0.1, 0.15) is 30.9 Å². The first-order chi connectivity index (χ1) is 12.9. The number of aliphatic imine (C=N–C) groups is 2. The number of nitrogens with two attached hydrogens (primary N) is 1. The fourth-order valence-electron chi connectivity index (χ4n) is 3.08. The highest BCUT2D eigenvalue weighted by Crippen LogP contribution is 2.42. The molecule has 2 N–H and O–H groups in total. The van der Waals surface area contributed by atoms with E-state index in [1.165, 1.54) is 6.07 Å². The van der Waals surface area contributed by atoms with E-state index >= 15 is 0 Å². The number of nitriles is 1. The molecular weight excluding hydrogens is 390 g/mol. The van der Waals surface area contributed by atoms with Gasteiger partial charge in [-0.05, 0) is 24.6 Å². The Labute approximate surface area is 154 Å². The minimum atomic E-state index is -4.80. The summed E-state index contributed by atoms with van der Waals surface area (Å²) in [6.45, 7) is 1.57. The molecule has 0 saturated heterocycles. The summed E-state index contributed by atoms with van der Waals surface area (Å²) in [7, 11) is 0. The maximum Gasteiger partial charge on any atom is 0.431 e. The van der Waals surface area contributed by atoms with Crippen molar-refractivity contribution in [1.82, 2.24) is 5.01 Å². The molecule has 3 rings (SSSR count). The van der Waals surface area contributed by atoms with E-state index in [1.54, 1.807) is 6.92 Å². The molecule has 28 heavy (non-hydrogen) atoms. The standard InChI is InChI=1S/C16H12F6N6/c1-2-14-6-11(16(20,21)22)27-28(14)13(24)26-12(14)25-9-4-3-8(7-23)10(5-9)15(17,18)19/h3-5H,2,6H2,1H3,(H2,24,25,26). The fourth-order valence-corrected chi connectivity index (χ4v) is 3.08. The number of benzene rings is 1. The van der Waals surface area contributed by atoms with Gasteiger partial charge in [0.15, 0.2) is 5.84 Å². The van der Waals surface area contributed by atoms with Crippen molar-refractivity contribution in [3.63, 3.8) is 0 Å². The van der Waals surface area contributed by atoms with Crippen LogP contribution in [0.2, 0.25) is 0 Å². The van der Waals surface area contributed by atoms with Crippen molar-refractivity contribution in [3.05, 3.63) is 29.3 Å². The average molecular weight is 402 g/mol. The molecule has 1 aromatic rings. The Kier molecular flexibility index (Phi) is 4.36. The number of fused-ring (bicyclic) bond motifs is 1. The third-order valence-corrected chi connectivity index (χ3v) is 4.52. The summed E-state index contributed by atoms with van der Waals surface area (Å²) in [5, 5.41) is 13.2. The molecule has 1 atom stereocenters. The molecule has 0 aromatic heterocycles. The molecule has 0 radical (unpaired) electrons. The molecule has 0 bridgehead atoms. The molecule has 0 aliphatic carbocycles. The van der Waals surface area contributed by atoms with E-state index in [9.17, 15) is 26.3 Å².